The molecule has 2 saturated carbocycles. The van der Waals surface area contributed by atoms with Crippen LogP contribution in [0.5, 0.6) is 0 Å². The van der Waals surface area contributed by atoms with Gasteiger partial charge >= 0.3 is 0 Å². The van der Waals surface area contributed by atoms with E-state index in [1.54, 1.807) is 0 Å². The zero-order valence-corrected chi connectivity index (χ0v) is 34.1. The summed E-state index contributed by atoms with van der Waals surface area (Å²) in [6.45, 7) is 8.55. The van der Waals surface area contributed by atoms with Crippen LogP contribution in [0.25, 0.3) is 10.8 Å². The predicted molar refractivity (Wildman–Crippen MR) is 230 cm³/mol. The number of nitrogen functional groups attached to an aromatic ring is 1. The van der Waals surface area contributed by atoms with Crippen molar-refractivity contribution in [3.63, 3.8) is 0 Å². The van der Waals surface area contributed by atoms with Gasteiger partial charge in [0.2, 0.25) is 0 Å². The molecule has 0 saturated heterocycles. The highest BCUT2D eigenvalue weighted by molar-refractivity contribution is 7.75. The molecule has 2 aliphatic carbocycles. The molecule has 0 radical (unpaired) electrons. The Kier molecular flexibility index (Phi) is 16.8. The molecule has 2 aliphatic rings. The first-order valence-corrected chi connectivity index (χ1v) is 24.0. The lowest BCUT2D eigenvalue weighted by Gasteiger charge is -2.36. The van der Waals surface area contributed by atoms with E-state index >= 15 is 0 Å². The maximum absolute atomic E-state index is 14.7. The summed E-state index contributed by atoms with van der Waals surface area (Å²) >= 11 is 0. The van der Waals surface area contributed by atoms with Gasteiger partial charge in [0.25, 0.3) is 0 Å². The Balaban J connectivity index is 1.54. The smallest absolute Gasteiger partial charge is 0.167 e. The summed E-state index contributed by atoms with van der Waals surface area (Å²) < 4.78 is 0. The summed E-state index contributed by atoms with van der Waals surface area (Å²) in [6.07, 6.45) is 26.9. The molecule has 0 spiro atoms. The van der Waals surface area contributed by atoms with E-state index in [-0.39, 0.29) is 5.78 Å². The van der Waals surface area contributed by atoms with Crippen LogP contribution in [0.3, 0.4) is 0 Å². The zero-order valence-electron chi connectivity index (χ0n) is 33.2. The first kappa shape index (κ1) is 40.7. The largest absolute Gasteiger partial charge is 0.398 e. The summed E-state index contributed by atoms with van der Waals surface area (Å²) in [5.41, 5.74) is 12.1. The number of benzene rings is 3. The molecule has 0 amide bonds. The van der Waals surface area contributed by atoms with Crippen LogP contribution in [-0.2, 0) is 12.6 Å². The predicted octanol–water partition coefficient (Wildman–Crippen LogP) is 11.7. The van der Waals surface area contributed by atoms with Crippen molar-refractivity contribution in [3.05, 3.63) is 71.3 Å². The van der Waals surface area contributed by atoms with Gasteiger partial charge in [-0.2, -0.15) is 0 Å². The van der Waals surface area contributed by atoms with Gasteiger partial charge in [0.15, 0.2) is 5.78 Å². The number of unbranched alkanes of at least 4 members (excludes halogenated alkanes) is 3. The Morgan fingerprint density at radius 1 is 0.731 bits per heavy atom. The average Bonchev–Trinajstić information content (AvgIpc) is 3.19. The monoisotopic (exact) mass is 728 g/mol. The van der Waals surface area contributed by atoms with E-state index in [9.17, 15) is 4.79 Å². The molecular formula is C46H72N4OP+. The fourth-order valence-electron chi connectivity index (χ4n) is 8.93. The van der Waals surface area contributed by atoms with Gasteiger partial charge in [-0.05, 0) is 73.8 Å². The van der Waals surface area contributed by atoms with E-state index in [2.05, 4.69) is 90.9 Å². The highest BCUT2D eigenvalue weighted by Gasteiger charge is 2.38. The van der Waals surface area contributed by atoms with Crippen LogP contribution in [-0.4, -0.2) is 49.7 Å². The minimum absolute atomic E-state index is 0.183. The molecule has 3 aromatic carbocycles. The van der Waals surface area contributed by atoms with Crippen molar-refractivity contribution < 1.29 is 4.79 Å². The fourth-order valence-corrected chi connectivity index (χ4v) is 14.0. The molecule has 0 aromatic heterocycles. The first-order chi connectivity index (χ1) is 25.4. The van der Waals surface area contributed by atoms with Crippen LogP contribution >= 0.6 is 7.26 Å². The van der Waals surface area contributed by atoms with Crippen LogP contribution < -0.4 is 21.3 Å². The second kappa shape index (κ2) is 21.4. The summed E-state index contributed by atoms with van der Waals surface area (Å²) in [5, 5.41) is 10.5. The lowest BCUT2D eigenvalue weighted by molar-refractivity contribution is 0.0984. The number of carbonyl (C=O) groups is 1. The second-order valence-electron chi connectivity index (χ2n) is 16.3. The lowest BCUT2D eigenvalue weighted by atomic mass is 9.95. The van der Waals surface area contributed by atoms with Crippen LogP contribution in [0.15, 0.2) is 54.6 Å². The number of rotatable bonds is 22. The number of hydrogen-bond acceptors (Lipinski definition) is 5. The normalized spacial score (nSPS) is 16.1. The van der Waals surface area contributed by atoms with Gasteiger partial charge in [-0.3, -0.25) is 15.4 Å². The molecule has 3 aromatic rings. The maximum Gasteiger partial charge on any atom is 0.167 e. The standard InChI is InChI=1S/C46H71N4OP/c1-4-7-30-52(31-8-5-2,32-9-6-3)34-40-27-28-43(47)45(44(51)29-25-37-24-26-38-18-16-17-19-39(38)33-37)46(40)50(35-48-41-20-12-10-13-21-41)36-49-42-22-14-11-15-23-42/h16-19,24,26-28,33,41-42,48-49H,4-15,20-23,25,29-32,34-36H2,1-3H3,(H-,47,51)/p+1. The Labute approximate surface area is 318 Å². The Morgan fingerprint density at radius 2 is 1.29 bits per heavy atom. The first-order valence-electron chi connectivity index (χ1n) is 21.4. The molecule has 0 unspecified atom stereocenters. The number of nitrogens with zero attached hydrogens (tertiary/aromatic N) is 1. The Morgan fingerprint density at radius 3 is 1.85 bits per heavy atom. The fraction of sp³-hybridized carbons (Fsp3) is 0.630. The SMILES string of the molecule is CCCC[P+](CCCC)(CCCC)Cc1ccc(N)c(C(=O)CCc2ccc3ccccc3c2)c1N(CNC1CCCCC1)CNC1CCCCC1. The Hall–Kier alpha value is -2.46. The molecule has 5 rings (SSSR count). The summed E-state index contributed by atoms with van der Waals surface area (Å²) in [5.74, 6) is 0.183. The van der Waals surface area contributed by atoms with E-state index in [1.807, 2.05) is 0 Å². The van der Waals surface area contributed by atoms with E-state index < -0.39 is 7.26 Å². The number of anilines is 2. The molecule has 6 heteroatoms. The van der Waals surface area contributed by atoms with Gasteiger partial charge in [0.05, 0.1) is 49.2 Å². The highest BCUT2D eigenvalue weighted by Crippen LogP contribution is 2.64. The van der Waals surface area contributed by atoms with Crippen molar-refractivity contribution in [3.8, 4) is 0 Å². The van der Waals surface area contributed by atoms with Gasteiger partial charge in [-0.1, -0.05) is 127 Å². The van der Waals surface area contributed by atoms with Gasteiger partial charge in [-0.15, -0.1) is 0 Å². The molecular weight excluding hydrogens is 656 g/mol. The molecule has 0 atom stereocenters. The third kappa shape index (κ3) is 11.8. The molecule has 5 nitrogen and oxygen atoms in total. The number of nitrogens with one attached hydrogen (secondary N) is 2. The molecule has 4 N–H and O–H groups in total. The van der Waals surface area contributed by atoms with Gasteiger partial charge in [0, 0.05) is 37.0 Å². The quantitative estimate of drug-likeness (QED) is 0.0416. The van der Waals surface area contributed by atoms with Crippen molar-refractivity contribution in [1.29, 1.82) is 0 Å². The molecule has 0 aliphatic heterocycles. The number of nitrogens with two attached hydrogens (primary N) is 1. The molecule has 0 heterocycles. The summed E-state index contributed by atoms with van der Waals surface area (Å²) in [4.78, 5) is 17.3. The average molecular weight is 728 g/mol. The molecule has 2 fully saturated rings. The Bertz CT molecular complexity index is 1470. The minimum atomic E-state index is -1.30. The topological polar surface area (TPSA) is 70.4 Å². The number of Topliss-reactive ketones (excluding diaryl/α,β-unsaturated/α-hetero) is 1. The van der Waals surface area contributed by atoms with Crippen molar-refractivity contribution in [2.24, 2.45) is 0 Å². The van der Waals surface area contributed by atoms with Crippen LogP contribution in [0.1, 0.15) is 151 Å². The minimum Gasteiger partial charge on any atom is -0.398 e. The lowest BCUT2D eigenvalue weighted by Crippen LogP contribution is -2.48. The number of carbonyl (C=O) groups excluding carboxylic acids is 1. The van der Waals surface area contributed by atoms with Gasteiger partial charge in [-0.25, -0.2) is 0 Å². The number of fused-ring (bicyclic) bond motifs is 1. The zero-order chi connectivity index (χ0) is 36.6. The van der Waals surface area contributed by atoms with Crippen molar-refractivity contribution in [2.75, 3.05) is 42.5 Å². The van der Waals surface area contributed by atoms with Crippen LogP contribution in [0, 0.1) is 0 Å². The molecule has 286 valence electrons. The number of aryl methyl sites for hydroxylation is 1. The molecule has 0 bridgehead atoms. The van der Waals surface area contributed by atoms with Crippen molar-refractivity contribution >= 4 is 35.2 Å². The van der Waals surface area contributed by atoms with Crippen LogP contribution in [0.2, 0.25) is 0 Å². The van der Waals surface area contributed by atoms with Gasteiger partial charge < -0.3 is 10.6 Å². The highest BCUT2D eigenvalue weighted by atomic mass is 31.2. The van der Waals surface area contributed by atoms with E-state index in [0.29, 0.717) is 30.6 Å². The number of ketones is 1. The van der Waals surface area contributed by atoms with Crippen LogP contribution in [0.4, 0.5) is 11.4 Å². The van der Waals surface area contributed by atoms with Crippen molar-refractivity contribution in [2.45, 2.75) is 155 Å². The third-order valence-corrected chi connectivity index (χ3v) is 17.0. The summed E-state index contributed by atoms with van der Waals surface area (Å²) in [6, 6.07) is 20.6. The third-order valence-electron chi connectivity index (χ3n) is 12.2. The van der Waals surface area contributed by atoms with Crippen molar-refractivity contribution in [1.82, 2.24) is 10.6 Å². The number of hydrogen-bond donors (Lipinski definition) is 3. The van der Waals surface area contributed by atoms with Gasteiger partial charge in [0.1, 0.15) is 0 Å². The van der Waals surface area contributed by atoms with E-state index in [0.717, 1.165) is 30.8 Å². The van der Waals surface area contributed by atoms with E-state index in [1.165, 1.54) is 143 Å². The summed E-state index contributed by atoms with van der Waals surface area (Å²) in [7, 11) is -1.30. The maximum atomic E-state index is 14.7. The molecule has 52 heavy (non-hydrogen) atoms. The second-order valence-corrected chi connectivity index (χ2v) is 20.6. The van der Waals surface area contributed by atoms with E-state index in [4.69, 9.17) is 5.73 Å².